The highest BCUT2D eigenvalue weighted by molar-refractivity contribution is 5.70. The molecule has 1 unspecified atom stereocenters. The zero-order chi connectivity index (χ0) is 5.28. The second-order valence-electron chi connectivity index (χ2n) is 1.50. The summed E-state index contributed by atoms with van der Waals surface area (Å²) >= 11 is 0. The maximum Gasteiger partial charge on any atom is 0.148 e. The molecule has 2 nitrogen and oxygen atoms in total. The van der Waals surface area contributed by atoms with Gasteiger partial charge in [0.2, 0.25) is 0 Å². The first kappa shape index (κ1) is 4.37. The molecule has 0 aliphatic carbocycles. The van der Waals surface area contributed by atoms with Gasteiger partial charge >= 0.3 is 0 Å². The largest absolute Gasteiger partial charge is 0.372 e. The maximum absolute atomic E-state index is 9.83. The lowest BCUT2D eigenvalue weighted by Gasteiger charge is -1.58. The van der Waals surface area contributed by atoms with Gasteiger partial charge in [0.05, 0.1) is 0 Å². The Balaban J connectivity index is 2.45. The predicted molar refractivity (Wildman–Crippen MR) is 26.7 cm³/mol. The summed E-state index contributed by atoms with van der Waals surface area (Å²) in [6.45, 7) is 1.91. The van der Waals surface area contributed by atoms with Gasteiger partial charge in [-0.3, -0.25) is 0 Å². The molecule has 1 aliphatic heterocycles. The van der Waals surface area contributed by atoms with E-state index >= 15 is 0 Å². The monoisotopic (exact) mass is 97.1 g/mol. The molecule has 0 bridgehead atoms. The van der Waals surface area contributed by atoms with Crippen molar-refractivity contribution in [3.8, 4) is 0 Å². The van der Waals surface area contributed by atoms with Gasteiger partial charge in [-0.25, -0.2) is 0 Å². The fourth-order valence-electron chi connectivity index (χ4n) is 0.508. The molecule has 0 aromatic heterocycles. The van der Waals surface area contributed by atoms with Gasteiger partial charge in [0.1, 0.15) is 12.3 Å². The SMILES string of the molecule is CC=C1NC1C=O. The zero-order valence-corrected chi connectivity index (χ0v) is 4.14. The molecule has 1 rings (SSSR count). The Morgan fingerprint density at radius 1 is 1.86 bits per heavy atom. The van der Waals surface area contributed by atoms with Crippen molar-refractivity contribution >= 4 is 6.29 Å². The van der Waals surface area contributed by atoms with Gasteiger partial charge < -0.3 is 10.1 Å². The van der Waals surface area contributed by atoms with Gasteiger partial charge in [0.15, 0.2) is 0 Å². The van der Waals surface area contributed by atoms with Crippen LogP contribution in [-0.2, 0) is 4.79 Å². The van der Waals surface area contributed by atoms with Crippen LogP contribution in [0.25, 0.3) is 0 Å². The molecule has 38 valence electrons. The molecule has 2 heteroatoms. The quantitative estimate of drug-likeness (QED) is 0.371. The molecule has 1 heterocycles. The van der Waals surface area contributed by atoms with E-state index in [-0.39, 0.29) is 6.04 Å². The minimum absolute atomic E-state index is 0.0463. The molecule has 1 saturated heterocycles. The average molecular weight is 97.1 g/mol. The summed E-state index contributed by atoms with van der Waals surface area (Å²) in [6.07, 6.45) is 2.80. The van der Waals surface area contributed by atoms with Gasteiger partial charge in [-0.2, -0.15) is 0 Å². The Morgan fingerprint density at radius 3 is 2.71 bits per heavy atom. The third-order valence-electron chi connectivity index (χ3n) is 1.02. The van der Waals surface area contributed by atoms with Crippen LogP contribution in [0.4, 0.5) is 0 Å². The second-order valence-corrected chi connectivity index (χ2v) is 1.50. The Morgan fingerprint density at radius 2 is 2.57 bits per heavy atom. The highest BCUT2D eigenvalue weighted by atomic mass is 16.1. The third kappa shape index (κ3) is 0.633. The summed E-state index contributed by atoms with van der Waals surface area (Å²) < 4.78 is 0. The lowest BCUT2D eigenvalue weighted by molar-refractivity contribution is -0.107. The number of hydrogen-bond donors (Lipinski definition) is 1. The Hall–Kier alpha value is -0.790. The Labute approximate surface area is 42.2 Å². The van der Waals surface area contributed by atoms with E-state index in [2.05, 4.69) is 5.32 Å². The second kappa shape index (κ2) is 1.37. The summed E-state index contributed by atoms with van der Waals surface area (Å²) in [6, 6.07) is 0.0463. The molecule has 1 atom stereocenters. The number of carbonyl (C=O) groups is 1. The fourth-order valence-corrected chi connectivity index (χ4v) is 0.508. The summed E-state index contributed by atoms with van der Waals surface area (Å²) in [5.74, 6) is 0. The first-order valence-corrected chi connectivity index (χ1v) is 2.26. The Kier molecular flexibility index (Phi) is 0.855. The molecular formula is C5H7NO. The van der Waals surface area contributed by atoms with E-state index < -0.39 is 0 Å². The van der Waals surface area contributed by atoms with Crippen LogP contribution in [0.3, 0.4) is 0 Å². The fraction of sp³-hybridized carbons (Fsp3) is 0.400. The van der Waals surface area contributed by atoms with E-state index in [4.69, 9.17) is 0 Å². The first-order valence-electron chi connectivity index (χ1n) is 2.26. The van der Waals surface area contributed by atoms with Gasteiger partial charge in [0.25, 0.3) is 0 Å². The number of rotatable bonds is 1. The van der Waals surface area contributed by atoms with Gasteiger partial charge in [-0.1, -0.05) is 6.08 Å². The number of nitrogens with one attached hydrogen (secondary N) is 1. The molecule has 1 fully saturated rings. The highest BCUT2D eigenvalue weighted by Gasteiger charge is 2.25. The van der Waals surface area contributed by atoms with E-state index in [1.165, 1.54) is 0 Å². The highest BCUT2D eigenvalue weighted by Crippen LogP contribution is 2.10. The van der Waals surface area contributed by atoms with Gasteiger partial charge in [-0.15, -0.1) is 0 Å². The van der Waals surface area contributed by atoms with Crippen LogP contribution in [0, 0.1) is 0 Å². The van der Waals surface area contributed by atoms with Crippen LogP contribution in [0.2, 0.25) is 0 Å². The molecule has 0 spiro atoms. The molecular weight excluding hydrogens is 90.1 g/mol. The third-order valence-corrected chi connectivity index (χ3v) is 1.02. The normalized spacial score (nSPS) is 32.1. The molecule has 1 aliphatic rings. The molecule has 0 aromatic rings. The van der Waals surface area contributed by atoms with E-state index in [0.717, 1.165) is 12.0 Å². The van der Waals surface area contributed by atoms with Crippen LogP contribution in [0.5, 0.6) is 0 Å². The molecule has 7 heavy (non-hydrogen) atoms. The first-order chi connectivity index (χ1) is 3.38. The summed E-state index contributed by atoms with van der Waals surface area (Å²) in [7, 11) is 0. The zero-order valence-electron chi connectivity index (χ0n) is 4.14. The number of hydrogen-bond acceptors (Lipinski definition) is 2. The maximum atomic E-state index is 9.83. The van der Waals surface area contributed by atoms with Crippen molar-refractivity contribution in [3.63, 3.8) is 0 Å². The van der Waals surface area contributed by atoms with E-state index in [0.29, 0.717) is 0 Å². The van der Waals surface area contributed by atoms with Crippen LogP contribution in [0.1, 0.15) is 6.92 Å². The lowest BCUT2D eigenvalue weighted by atomic mass is 10.4. The number of carbonyl (C=O) groups excluding carboxylic acids is 1. The van der Waals surface area contributed by atoms with Crippen LogP contribution in [0.15, 0.2) is 11.8 Å². The number of aldehydes is 1. The molecule has 0 saturated carbocycles. The molecule has 0 amide bonds. The minimum Gasteiger partial charge on any atom is -0.372 e. The Bertz CT molecular complexity index is 117. The van der Waals surface area contributed by atoms with Gasteiger partial charge in [-0.05, 0) is 6.92 Å². The van der Waals surface area contributed by atoms with Crippen molar-refractivity contribution in [1.82, 2.24) is 5.32 Å². The standard InChI is InChI=1S/C5H7NO/c1-2-4-5(3-7)6-4/h2-3,5-6H,1H3. The molecule has 0 radical (unpaired) electrons. The summed E-state index contributed by atoms with van der Waals surface area (Å²) in [5, 5.41) is 2.86. The van der Waals surface area contributed by atoms with E-state index in [9.17, 15) is 4.79 Å². The van der Waals surface area contributed by atoms with Crippen molar-refractivity contribution in [1.29, 1.82) is 0 Å². The van der Waals surface area contributed by atoms with Crippen molar-refractivity contribution < 1.29 is 4.79 Å². The topological polar surface area (TPSA) is 39.0 Å². The number of allylic oxidation sites excluding steroid dienone is 1. The predicted octanol–water partition coefficient (Wildman–Crippen LogP) is 0.0609. The van der Waals surface area contributed by atoms with E-state index in [1.807, 2.05) is 13.0 Å². The summed E-state index contributed by atoms with van der Waals surface area (Å²) in [5.41, 5.74) is 1.05. The van der Waals surface area contributed by atoms with Crippen molar-refractivity contribution in [3.05, 3.63) is 11.8 Å². The van der Waals surface area contributed by atoms with Crippen LogP contribution >= 0.6 is 0 Å². The van der Waals surface area contributed by atoms with Crippen LogP contribution in [-0.4, -0.2) is 12.3 Å². The smallest absolute Gasteiger partial charge is 0.148 e. The molecule has 1 N–H and O–H groups in total. The molecule has 0 aromatic carbocycles. The average Bonchev–Trinajstić information content (AvgIpc) is 2.43. The van der Waals surface area contributed by atoms with E-state index in [1.54, 1.807) is 0 Å². The minimum atomic E-state index is 0.0463. The summed E-state index contributed by atoms with van der Waals surface area (Å²) in [4.78, 5) is 9.83. The van der Waals surface area contributed by atoms with Gasteiger partial charge in [0, 0.05) is 5.70 Å². The van der Waals surface area contributed by atoms with Crippen molar-refractivity contribution in [2.24, 2.45) is 0 Å². The van der Waals surface area contributed by atoms with Crippen LogP contribution < -0.4 is 5.32 Å². The van der Waals surface area contributed by atoms with Crippen molar-refractivity contribution in [2.75, 3.05) is 0 Å². The lowest BCUT2D eigenvalue weighted by Crippen LogP contribution is -1.86. The van der Waals surface area contributed by atoms with Crippen molar-refractivity contribution in [2.45, 2.75) is 13.0 Å².